The molecule has 1 aromatic rings. The summed E-state index contributed by atoms with van der Waals surface area (Å²) in [7, 11) is 0. The second-order valence-corrected chi connectivity index (χ2v) is 4.71. The Morgan fingerprint density at radius 3 is 2.45 bits per heavy atom. The number of carboxylic acid groups (broad SMARTS) is 1. The minimum atomic E-state index is -1.33. The predicted molar refractivity (Wildman–Crippen MR) is 74.9 cm³/mol. The molecule has 6 heteroatoms. The van der Waals surface area contributed by atoms with Gasteiger partial charge in [0.1, 0.15) is 5.54 Å². The van der Waals surface area contributed by atoms with E-state index in [1.165, 1.54) is 19.9 Å². The molecule has 1 aromatic carbocycles. The van der Waals surface area contributed by atoms with Crippen LogP contribution >= 0.6 is 0 Å². The normalized spacial score (nSPS) is 13.2. The molecule has 0 bridgehead atoms. The van der Waals surface area contributed by atoms with Crippen LogP contribution in [0.25, 0.3) is 0 Å². The number of urea groups is 1. The van der Waals surface area contributed by atoms with E-state index >= 15 is 0 Å². The first kappa shape index (κ1) is 15.7. The van der Waals surface area contributed by atoms with Gasteiger partial charge in [-0.05, 0) is 32.4 Å². The van der Waals surface area contributed by atoms with Crippen LogP contribution in [0.4, 0.5) is 10.5 Å². The zero-order chi connectivity index (χ0) is 15.3. The van der Waals surface area contributed by atoms with Crippen molar-refractivity contribution in [1.29, 1.82) is 0 Å². The van der Waals surface area contributed by atoms with E-state index in [0.717, 1.165) is 0 Å². The summed E-state index contributed by atoms with van der Waals surface area (Å²) in [6.45, 7) is 4.53. The number of carbonyl (C=O) groups excluding carboxylic acids is 2. The molecule has 1 unspecified atom stereocenters. The minimum Gasteiger partial charge on any atom is -0.480 e. The third-order valence-electron chi connectivity index (χ3n) is 3.10. The highest BCUT2D eigenvalue weighted by Gasteiger charge is 2.32. The first-order valence-corrected chi connectivity index (χ1v) is 6.22. The number of carbonyl (C=O) groups is 3. The Morgan fingerprint density at radius 1 is 1.30 bits per heavy atom. The predicted octanol–water partition coefficient (Wildman–Crippen LogP) is 2.26. The van der Waals surface area contributed by atoms with E-state index in [-0.39, 0.29) is 12.2 Å². The Labute approximate surface area is 117 Å². The molecule has 2 amide bonds. The third-order valence-corrected chi connectivity index (χ3v) is 3.10. The molecule has 6 nitrogen and oxygen atoms in total. The molecule has 3 N–H and O–H groups in total. The minimum absolute atomic E-state index is 0.113. The fraction of sp³-hybridized carbons (Fsp3) is 0.357. The molecule has 20 heavy (non-hydrogen) atoms. The third kappa shape index (κ3) is 3.81. The fourth-order valence-electron chi connectivity index (χ4n) is 1.52. The van der Waals surface area contributed by atoms with Crippen LogP contribution in [0, 0.1) is 0 Å². The lowest BCUT2D eigenvalue weighted by Crippen LogP contribution is -2.53. The van der Waals surface area contributed by atoms with Gasteiger partial charge < -0.3 is 15.7 Å². The van der Waals surface area contributed by atoms with Crippen LogP contribution in [0.3, 0.4) is 0 Å². The van der Waals surface area contributed by atoms with Crippen LogP contribution in [-0.4, -0.2) is 28.4 Å². The molecule has 0 aliphatic carbocycles. The van der Waals surface area contributed by atoms with Gasteiger partial charge in [0, 0.05) is 11.3 Å². The van der Waals surface area contributed by atoms with E-state index in [2.05, 4.69) is 10.6 Å². The lowest BCUT2D eigenvalue weighted by molar-refractivity contribution is -0.143. The van der Waals surface area contributed by atoms with Crippen LogP contribution in [-0.2, 0) is 4.79 Å². The van der Waals surface area contributed by atoms with Crippen LogP contribution in [0.2, 0.25) is 0 Å². The van der Waals surface area contributed by atoms with Crippen molar-refractivity contribution < 1.29 is 19.5 Å². The Morgan fingerprint density at radius 2 is 1.95 bits per heavy atom. The Bertz CT molecular complexity index is 542. The van der Waals surface area contributed by atoms with Gasteiger partial charge in [-0.3, -0.25) is 4.79 Å². The number of anilines is 1. The average molecular weight is 278 g/mol. The van der Waals surface area contributed by atoms with Crippen LogP contribution < -0.4 is 10.6 Å². The molecule has 1 atom stereocenters. The van der Waals surface area contributed by atoms with Crippen molar-refractivity contribution in [2.45, 2.75) is 32.7 Å². The average Bonchev–Trinajstić information content (AvgIpc) is 2.38. The number of nitrogens with one attached hydrogen (secondary N) is 2. The van der Waals surface area contributed by atoms with E-state index in [1.807, 2.05) is 0 Å². The number of aliphatic carboxylic acids is 1. The maximum atomic E-state index is 11.8. The Kier molecular flexibility index (Phi) is 4.85. The largest absolute Gasteiger partial charge is 0.480 e. The monoisotopic (exact) mass is 278 g/mol. The molecule has 0 aliphatic rings. The standard InChI is InChI=1S/C14H18N2O4/c1-4-14(3,12(18)19)16-13(20)15-11-7-5-6-10(8-11)9(2)17/h5-8H,4H2,1-3H3,(H,18,19)(H2,15,16,20). The second-order valence-electron chi connectivity index (χ2n) is 4.71. The summed E-state index contributed by atoms with van der Waals surface area (Å²) in [6, 6.07) is 5.81. The smallest absolute Gasteiger partial charge is 0.329 e. The number of hydrogen-bond acceptors (Lipinski definition) is 3. The van der Waals surface area contributed by atoms with Crippen LogP contribution in [0.1, 0.15) is 37.6 Å². The van der Waals surface area contributed by atoms with Gasteiger partial charge in [-0.1, -0.05) is 19.1 Å². The zero-order valence-corrected chi connectivity index (χ0v) is 11.7. The lowest BCUT2D eigenvalue weighted by Gasteiger charge is -2.24. The van der Waals surface area contributed by atoms with Crippen molar-refractivity contribution in [3.8, 4) is 0 Å². The summed E-state index contributed by atoms with van der Waals surface area (Å²) < 4.78 is 0. The highest BCUT2D eigenvalue weighted by atomic mass is 16.4. The van der Waals surface area contributed by atoms with Crippen molar-refractivity contribution in [3.05, 3.63) is 29.8 Å². The molecule has 0 fully saturated rings. The fourth-order valence-corrected chi connectivity index (χ4v) is 1.52. The molecule has 0 spiro atoms. The molecule has 0 heterocycles. The number of rotatable bonds is 5. The van der Waals surface area contributed by atoms with E-state index in [4.69, 9.17) is 5.11 Å². The summed E-state index contributed by atoms with van der Waals surface area (Å²) >= 11 is 0. The maximum absolute atomic E-state index is 11.8. The van der Waals surface area contributed by atoms with Crippen molar-refractivity contribution in [3.63, 3.8) is 0 Å². The van der Waals surface area contributed by atoms with Gasteiger partial charge in [0.05, 0.1) is 0 Å². The molecule has 1 rings (SSSR count). The first-order valence-electron chi connectivity index (χ1n) is 6.22. The van der Waals surface area contributed by atoms with Gasteiger partial charge in [0.25, 0.3) is 0 Å². The van der Waals surface area contributed by atoms with E-state index < -0.39 is 17.5 Å². The SMILES string of the molecule is CCC(C)(NC(=O)Nc1cccc(C(C)=O)c1)C(=O)O. The molecule has 0 saturated carbocycles. The van der Waals surface area contributed by atoms with Gasteiger partial charge in [0.15, 0.2) is 5.78 Å². The van der Waals surface area contributed by atoms with Gasteiger partial charge in [-0.25, -0.2) is 9.59 Å². The highest BCUT2D eigenvalue weighted by Crippen LogP contribution is 2.13. The summed E-state index contributed by atoms with van der Waals surface area (Å²) in [5.41, 5.74) is -0.430. The Balaban J connectivity index is 2.79. The molecule has 0 radical (unpaired) electrons. The summed E-state index contributed by atoms with van der Waals surface area (Å²) in [5, 5.41) is 14.0. The van der Waals surface area contributed by atoms with Gasteiger partial charge in [-0.2, -0.15) is 0 Å². The lowest BCUT2D eigenvalue weighted by atomic mass is 10.00. The summed E-state index contributed by atoms with van der Waals surface area (Å²) in [4.78, 5) is 34.1. The molecular weight excluding hydrogens is 260 g/mol. The van der Waals surface area contributed by atoms with Crippen molar-refractivity contribution >= 4 is 23.5 Å². The van der Waals surface area contributed by atoms with Crippen molar-refractivity contribution in [1.82, 2.24) is 5.32 Å². The number of hydrogen-bond donors (Lipinski definition) is 3. The molecule has 0 aliphatic heterocycles. The first-order chi connectivity index (χ1) is 9.28. The number of Topliss-reactive ketones (excluding diaryl/α,β-unsaturated/α-hetero) is 1. The quantitative estimate of drug-likeness (QED) is 0.720. The molecular formula is C14H18N2O4. The Hall–Kier alpha value is -2.37. The highest BCUT2D eigenvalue weighted by molar-refractivity contribution is 5.97. The van der Waals surface area contributed by atoms with Crippen molar-refractivity contribution in [2.75, 3.05) is 5.32 Å². The summed E-state index contributed by atoms with van der Waals surface area (Å²) in [6.07, 6.45) is 0.253. The topological polar surface area (TPSA) is 95.5 Å². The second kappa shape index (κ2) is 6.18. The maximum Gasteiger partial charge on any atom is 0.329 e. The van der Waals surface area contributed by atoms with Gasteiger partial charge in [0.2, 0.25) is 0 Å². The molecule has 0 saturated heterocycles. The molecule has 0 aromatic heterocycles. The summed E-state index contributed by atoms with van der Waals surface area (Å²) in [5.74, 6) is -1.22. The number of amides is 2. The zero-order valence-electron chi connectivity index (χ0n) is 11.7. The van der Waals surface area contributed by atoms with Crippen LogP contribution in [0.5, 0.6) is 0 Å². The van der Waals surface area contributed by atoms with Gasteiger partial charge >= 0.3 is 12.0 Å². The van der Waals surface area contributed by atoms with Gasteiger partial charge in [-0.15, -0.1) is 0 Å². The molecule has 108 valence electrons. The van der Waals surface area contributed by atoms with Crippen molar-refractivity contribution in [2.24, 2.45) is 0 Å². The number of benzene rings is 1. The number of ketones is 1. The van der Waals surface area contributed by atoms with E-state index in [0.29, 0.717) is 11.3 Å². The van der Waals surface area contributed by atoms with Crippen LogP contribution in [0.15, 0.2) is 24.3 Å². The number of carboxylic acids is 1. The van der Waals surface area contributed by atoms with E-state index in [9.17, 15) is 14.4 Å². The van der Waals surface area contributed by atoms with E-state index in [1.54, 1.807) is 25.1 Å².